The molecule has 0 aliphatic rings. The van der Waals surface area contributed by atoms with E-state index in [1.165, 1.54) is 23.9 Å². The fourth-order valence-corrected chi connectivity index (χ4v) is 3.46. The monoisotopic (exact) mass is 407 g/mol. The molecule has 3 aromatic rings. The van der Waals surface area contributed by atoms with Gasteiger partial charge in [-0.1, -0.05) is 23.9 Å². The number of anilines is 1. The maximum atomic E-state index is 13.2. The van der Waals surface area contributed by atoms with Crippen molar-refractivity contribution in [1.29, 1.82) is 5.26 Å². The molecule has 0 bridgehead atoms. The van der Waals surface area contributed by atoms with Crippen molar-refractivity contribution in [3.05, 3.63) is 72.6 Å². The van der Waals surface area contributed by atoms with Gasteiger partial charge < -0.3 is 5.32 Å². The summed E-state index contributed by atoms with van der Waals surface area (Å²) in [6.45, 7) is 5.97. The van der Waals surface area contributed by atoms with E-state index >= 15 is 0 Å². The zero-order chi connectivity index (χ0) is 20.8. The number of halogens is 1. The molecule has 3 rings (SSSR count). The molecule has 0 aliphatic carbocycles. The van der Waals surface area contributed by atoms with Crippen LogP contribution in [0.2, 0.25) is 0 Å². The molecule has 8 heteroatoms. The predicted octanol–water partition coefficient (Wildman–Crippen LogP) is 4.26. The fraction of sp³-hybridized carbons (Fsp3) is 0.143. The Morgan fingerprint density at radius 2 is 2.10 bits per heavy atom. The normalized spacial score (nSPS) is 11.5. The number of thioether (sulfide) groups is 1. The summed E-state index contributed by atoms with van der Waals surface area (Å²) in [6, 6.07) is 14.7. The van der Waals surface area contributed by atoms with E-state index in [2.05, 4.69) is 22.1 Å². The standard InChI is InChI=1S/C21H18FN5OS/c1-3-11-27-19(16-7-9-17(22)10-8-16)25-26-21(27)29-14(2)20(28)24-18-6-4-5-15(12-18)13-23/h3-10,12,14H,1,11H2,2H3,(H,24,28)/t14-/m0/s1. The van der Waals surface area contributed by atoms with E-state index in [0.717, 1.165) is 5.56 Å². The van der Waals surface area contributed by atoms with Gasteiger partial charge in [0.2, 0.25) is 5.91 Å². The molecule has 1 aromatic heterocycles. The average Bonchev–Trinajstić information content (AvgIpc) is 3.11. The average molecular weight is 407 g/mol. The second-order valence-corrected chi connectivity index (χ2v) is 7.46. The molecular formula is C21H18FN5OS. The van der Waals surface area contributed by atoms with Gasteiger partial charge in [-0.2, -0.15) is 5.26 Å². The highest BCUT2D eigenvalue weighted by molar-refractivity contribution is 8.00. The van der Waals surface area contributed by atoms with Crippen LogP contribution < -0.4 is 5.32 Å². The van der Waals surface area contributed by atoms with Gasteiger partial charge in [0, 0.05) is 17.8 Å². The fourth-order valence-electron chi connectivity index (χ4n) is 2.60. The van der Waals surface area contributed by atoms with Gasteiger partial charge in [-0.3, -0.25) is 9.36 Å². The molecule has 1 amide bonds. The van der Waals surface area contributed by atoms with Gasteiger partial charge in [0.05, 0.1) is 16.9 Å². The number of carbonyl (C=O) groups is 1. The molecule has 0 saturated carbocycles. The summed E-state index contributed by atoms with van der Waals surface area (Å²) in [6.07, 6.45) is 1.71. The van der Waals surface area contributed by atoms with E-state index in [1.807, 2.05) is 10.6 Å². The molecule has 2 aromatic carbocycles. The lowest BCUT2D eigenvalue weighted by molar-refractivity contribution is -0.115. The van der Waals surface area contributed by atoms with Crippen LogP contribution in [0.15, 0.2) is 66.3 Å². The number of nitrogens with one attached hydrogen (secondary N) is 1. The molecular weight excluding hydrogens is 389 g/mol. The molecule has 0 aliphatic heterocycles. The van der Waals surface area contributed by atoms with Crippen molar-refractivity contribution in [2.75, 3.05) is 5.32 Å². The minimum absolute atomic E-state index is 0.221. The summed E-state index contributed by atoms with van der Waals surface area (Å²) in [5.41, 5.74) is 1.75. The smallest absolute Gasteiger partial charge is 0.237 e. The van der Waals surface area contributed by atoms with Crippen LogP contribution >= 0.6 is 11.8 Å². The molecule has 29 heavy (non-hydrogen) atoms. The Balaban J connectivity index is 1.78. The van der Waals surface area contributed by atoms with Crippen molar-refractivity contribution >= 4 is 23.4 Å². The van der Waals surface area contributed by atoms with E-state index in [-0.39, 0.29) is 11.7 Å². The molecule has 146 valence electrons. The molecule has 0 unspecified atom stereocenters. The third-order valence-electron chi connectivity index (χ3n) is 4.04. The summed E-state index contributed by atoms with van der Waals surface area (Å²) >= 11 is 1.26. The summed E-state index contributed by atoms with van der Waals surface area (Å²) in [4.78, 5) is 12.6. The highest BCUT2D eigenvalue weighted by Crippen LogP contribution is 2.27. The first kappa shape index (κ1) is 20.3. The number of amides is 1. The van der Waals surface area contributed by atoms with Crippen LogP contribution in [0.5, 0.6) is 0 Å². The van der Waals surface area contributed by atoms with Crippen molar-refractivity contribution in [2.45, 2.75) is 23.9 Å². The van der Waals surface area contributed by atoms with Gasteiger partial charge in [-0.05, 0) is 49.4 Å². The van der Waals surface area contributed by atoms with Gasteiger partial charge in [0.15, 0.2) is 11.0 Å². The minimum Gasteiger partial charge on any atom is -0.325 e. The van der Waals surface area contributed by atoms with Crippen LogP contribution in [0.3, 0.4) is 0 Å². The van der Waals surface area contributed by atoms with Crippen LogP contribution in [0, 0.1) is 17.1 Å². The first-order valence-electron chi connectivity index (χ1n) is 8.79. The summed E-state index contributed by atoms with van der Waals surface area (Å²) in [5, 5.41) is 20.3. The van der Waals surface area contributed by atoms with E-state index < -0.39 is 5.25 Å². The predicted molar refractivity (Wildman–Crippen MR) is 111 cm³/mol. The van der Waals surface area contributed by atoms with Crippen LogP contribution in [0.1, 0.15) is 12.5 Å². The van der Waals surface area contributed by atoms with Gasteiger partial charge >= 0.3 is 0 Å². The summed E-state index contributed by atoms with van der Waals surface area (Å²) in [5.74, 6) is 0.0206. The van der Waals surface area contributed by atoms with Crippen LogP contribution in [0.4, 0.5) is 10.1 Å². The largest absolute Gasteiger partial charge is 0.325 e. The van der Waals surface area contributed by atoms with Crippen molar-refractivity contribution in [3.63, 3.8) is 0 Å². The van der Waals surface area contributed by atoms with Gasteiger partial charge in [0.1, 0.15) is 5.82 Å². The molecule has 0 saturated heterocycles. The van der Waals surface area contributed by atoms with Gasteiger partial charge in [-0.15, -0.1) is 16.8 Å². The van der Waals surface area contributed by atoms with Crippen LogP contribution in [-0.4, -0.2) is 25.9 Å². The Hall–Kier alpha value is -3.44. The van der Waals surface area contributed by atoms with Crippen LogP contribution in [-0.2, 0) is 11.3 Å². The lowest BCUT2D eigenvalue weighted by atomic mass is 10.2. The first-order chi connectivity index (χ1) is 14.0. The SMILES string of the molecule is C=CCn1c(S[C@@H](C)C(=O)Nc2cccc(C#N)c2)nnc1-c1ccc(F)cc1. The molecule has 1 heterocycles. The van der Waals surface area contributed by atoms with Crippen molar-refractivity contribution in [1.82, 2.24) is 14.8 Å². The van der Waals surface area contributed by atoms with Crippen molar-refractivity contribution < 1.29 is 9.18 Å². The molecule has 1 N–H and O–H groups in total. The van der Waals surface area contributed by atoms with E-state index in [0.29, 0.717) is 28.8 Å². The molecule has 0 spiro atoms. The number of aromatic nitrogens is 3. The lowest BCUT2D eigenvalue weighted by Gasteiger charge is -2.13. The number of benzene rings is 2. The summed E-state index contributed by atoms with van der Waals surface area (Å²) < 4.78 is 15.0. The number of carbonyl (C=O) groups excluding carboxylic acids is 1. The first-order valence-corrected chi connectivity index (χ1v) is 9.67. The minimum atomic E-state index is -0.463. The Labute approximate surface area is 172 Å². The van der Waals surface area contributed by atoms with E-state index in [1.54, 1.807) is 49.4 Å². The molecule has 6 nitrogen and oxygen atoms in total. The Morgan fingerprint density at radius 3 is 2.79 bits per heavy atom. The van der Waals surface area contributed by atoms with Gasteiger partial charge in [0.25, 0.3) is 0 Å². The van der Waals surface area contributed by atoms with Crippen molar-refractivity contribution in [3.8, 4) is 17.5 Å². The topological polar surface area (TPSA) is 83.6 Å². The van der Waals surface area contributed by atoms with Crippen LogP contribution in [0.25, 0.3) is 11.4 Å². The number of allylic oxidation sites excluding steroid dienone is 1. The molecule has 0 radical (unpaired) electrons. The number of nitriles is 1. The summed E-state index contributed by atoms with van der Waals surface area (Å²) in [7, 11) is 0. The van der Waals surface area contributed by atoms with E-state index in [9.17, 15) is 9.18 Å². The number of hydrogen-bond donors (Lipinski definition) is 1. The second-order valence-electron chi connectivity index (χ2n) is 6.15. The Morgan fingerprint density at radius 1 is 1.34 bits per heavy atom. The number of rotatable bonds is 7. The Kier molecular flexibility index (Phi) is 6.42. The van der Waals surface area contributed by atoms with Gasteiger partial charge in [-0.25, -0.2) is 4.39 Å². The quantitative estimate of drug-likeness (QED) is 0.467. The zero-order valence-corrected chi connectivity index (χ0v) is 16.5. The molecule has 0 fully saturated rings. The molecule has 1 atom stereocenters. The van der Waals surface area contributed by atoms with E-state index in [4.69, 9.17) is 5.26 Å². The third kappa shape index (κ3) is 4.89. The number of nitrogens with zero attached hydrogens (tertiary/aromatic N) is 4. The highest BCUT2D eigenvalue weighted by Gasteiger charge is 2.20. The maximum Gasteiger partial charge on any atom is 0.237 e. The van der Waals surface area contributed by atoms with Crippen molar-refractivity contribution in [2.24, 2.45) is 0 Å². The Bertz CT molecular complexity index is 1070. The second kappa shape index (κ2) is 9.17. The highest BCUT2D eigenvalue weighted by atomic mass is 32.2. The zero-order valence-electron chi connectivity index (χ0n) is 15.7. The maximum absolute atomic E-state index is 13.2. The third-order valence-corrected chi connectivity index (χ3v) is 5.12. The lowest BCUT2D eigenvalue weighted by Crippen LogP contribution is -2.23. The number of hydrogen-bond acceptors (Lipinski definition) is 5.